The first-order chi connectivity index (χ1) is 7.16. The fourth-order valence-corrected chi connectivity index (χ4v) is 0.988. The van der Waals surface area contributed by atoms with E-state index in [1.807, 2.05) is 13.8 Å². The van der Waals surface area contributed by atoms with Crippen molar-refractivity contribution in [1.29, 1.82) is 0 Å². The Kier molecular flexibility index (Phi) is 6.09. The van der Waals surface area contributed by atoms with Crippen LogP contribution in [0, 0.1) is 5.82 Å². The normalized spacial score (nSPS) is 8.80. The molecule has 0 aliphatic rings. The molecule has 1 N–H and O–H groups in total. The summed E-state index contributed by atoms with van der Waals surface area (Å²) in [5.74, 6) is -2.03. The molecular formula is C11H15FO3. The Bertz CT molecular complexity index is 324. The molecule has 0 radical (unpaired) electrons. The summed E-state index contributed by atoms with van der Waals surface area (Å²) in [5, 5.41) is 8.65. The Morgan fingerprint density at radius 1 is 1.47 bits per heavy atom. The zero-order valence-electron chi connectivity index (χ0n) is 9.08. The van der Waals surface area contributed by atoms with E-state index in [2.05, 4.69) is 0 Å². The second kappa shape index (κ2) is 6.81. The SMILES string of the molecule is CC.CCOc1cccc(F)c1C(=O)O. The number of halogens is 1. The number of benzene rings is 1. The molecular weight excluding hydrogens is 199 g/mol. The summed E-state index contributed by atoms with van der Waals surface area (Å²) in [5.41, 5.74) is -0.413. The molecule has 0 saturated carbocycles. The van der Waals surface area contributed by atoms with Gasteiger partial charge >= 0.3 is 5.97 Å². The van der Waals surface area contributed by atoms with E-state index < -0.39 is 17.3 Å². The summed E-state index contributed by atoms with van der Waals surface area (Å²) in [6, 6.07) is 3.93. The van der Waals surface area contributed by atoms with Crippen molar-refractivity contribution in [2.75, 3.05) is 6.61 Å². The molecule has 3 nitrogen and oxygen atoms in total. The molecule has 15 heavy (non-hydrogen) atoms. The predicted octanol–water partition coefficient (Wildman–Crippen LogP) is 2.95. The number of carboxylic acid groups (broad SMARTS) is 1. The van der Waals surface area contributed by atoms with E-state index in [9.17, 15) is 9.18 Å². The van der Waals surface area contributed by atoms with Crippen LogP contribution in [0.5, 0.6) is 5.75 Å². The van der Waals surface area contributed by atoms with Crippen LogP contribution in [0.15, 0.2) is 18.2 Å². The Hall–Kier alpha value is -1.58. The van der Waals surface area contributed by atoms with Crippen LogP contribution in [0.4, 0.5) is 4.39 Å². The first-order valence-corrected chi connectivity index (χ1v) is 4.81. The summed E-state index contributed by atoms with van der Waals surface area (Å²) in [6.45, 7) is 6.01. The van der Waals surface area contributed by atoms with Gasteiger partial charge in [-0.1, -0.05) is 19.9 Å². The molecule has 0 fully saturated rings. The first kappa shape index (κ1) is 13.4. The lowest BCUT2D eigenvalue weighted by Gasteiger charge is -2.06. The predicted molar refractivity (Wildman–Crippen MR) is 55.9 cm³/mol. The average Bonchev–Trinajstić information content (AvgIpc) is 2.21. The number of hydrogen-bond acceptors (Lipinski definition) is 2. The molecule has 1 aromatic rings. The van der Waals surface area contributed by atoms with Gasteiger partial charge in [0.25, 0.3) is 0 Å². The molecule has 0 spiro atoms. The molecule has 0 aromatic heterocycles. The molecule has 0 unspecified atom stereocenters. The van der Waals surface area contributed by atoms with Gasteiger partial charge in [-0.2, -0.15) is 0 Å². The highest BCUT2D eigenvalue weighted by molar-refractivity contribution is 5.91. The maximum atomic E-state index is 13.0. The van der Waals surface area contributed by atoms with E-state index in [1.165, 1.54) is 12.1 Å². The van der Waals surface area contributed by atoms with Crippen LogP contribution < -0.4 is 4.74 Å². The first-order valence-electron chi connectivity index (χ1n) is 4.81. The quantitative estimate of drug-likeness (QED) is 0.841. The minimum atomic E-state index is -1.32. The van der Waals surface area contributed by atoms with Crippen molar-refractivity contribution in [1.82, 2.24) is 0 Å². The number of ether oxygens (including phenoxy) is 1. The average molecular weight is 214 g/mol. The molecule has 0 aliphatic carbocycles. The lowest BCUT2D eigenvalue weighted by Crippen LogP contribution is -2.05. The molecule has 1 aromatic carbocycles. The Morgan fingerprint density at radius 3 is 2.53 bits per heavy atom. The molecule has 4 heteroatoms. The number of aromatic carboxylic acids is 1. The van der Waals surface area contributed by atoms with Crippen molar-refractivity contribution in [3.8, 4) is 5.75 Å². The smallest absolute Gasteiger partial charge is 0.342 e. The van der Waals surface area contributed by atoms with Gasteiger partial charge in [-0.25, -0.2) is 9.18 Å². The van der Waals surface area contributed by atoms with Gasteiger partial charge in [0.15, 0.2) is 0 Å². The standard InChI is InChI=1S/C9H9FO3.C2H6/c1-2-13-7-5-3-4-6(10)8(7)9(11)12;1-2/h3-5H,2H2,1H3,(H,11,12);1-2H3. The van der Waals surface area contributed by atoms with Gasteiger partial charge in [0.2, 0.25) is 0 Å². The van der Waals surface area contributed by atoms with E-state index in [1.54, 1.807) is 6.92 Å². The largest absolute Gasteiger partial charge is 0.493 e. The monoisotopic (exact) mass is 214 g/mol. The third-order valence-corrected chi connectivity index (χ3v) is 1.49. The fourth-order valence-electron chi connectivity index (χ4n) is 0.988. The van der Waals surface area contributed by atoms with Gasteiger partial charge in [0.1, 0.15) is 17.1 Å². The fraction of sp³-hybridized carbons (Fsp3) is 0.364. The number of carbonyl (C=O) groups is 1. The summed E-state index contributed by atoms with van der Waals surface area (Å²) < 4.78 is 17.9. The maximum Gasteiger partial charge on any atom is 0.342 e. The highest BCUT2D eigenvalue weighted by Crippen LogP contribution is 2.21. The van der Waals surface area contributed by atoms with E-state index in [-0.39, 0.29) is 5.75 Å². The molecule has 0 bridgehead atoms. The molecule has 0 saturated heterocycles. The summed E-state index contributed by atoms with van der Waals surface area (Å²) in [4.78, 5) is 10.6. The lowest BCUT2D eigenvalue weighted by atomic mass is 10.2. The minimum Gasteiger partial charge on any atom is -0.493 e. The number of rotatable bonds is 3. The van der Waals surface area contributed by atoms with Gasteiger partial charge < -0.3 is 9.84 Å². The topological polar surface area (TPSA) is 46.5 Å². The summed E-state index contributed by atoms with van der Waals surface area (Å²) in [6.07, 6.45) is 0. The van der Waals surface area contributed by atoms with Gasteiger partial charge in [-0.15, -0.1) is 0 Å². The van der Waals surface area contributed by atoms with Crippen molar-refractivity contribution in [3.63, 3.8) is 0 Å². The van der Waals surface area contributed by atoms with Gasteiger partial charge in [0.05, 0.1) is 6.61 Å². The maximum absolute atomic E-state index is 13.0. The minimum absolute atomic E-state index is 0.0648. The molecule has 0 heterocycles. The van der Waals surface area contributed by atoms with E-state index >= 15 is 0 Å². The second-order valence-electron chi connectivity index (χ2n) is 2.35. The van der Waals surface area contributed by atoms with E-state index in [0.717, 1.165) is 6.07 Å². The zero-order valence-corrected chi connectivity index (χ0v) is 9.08. The second-order valence-corrected chi connectivity index (χ2v) is 2.35. The highest BCUT2D eigenvalue weighted by atomic mass is 19.1. The Labute approximate surface area is 88.5 Å². The van der Waals surface area contributed by atoms with Gasteiger partial charge in [-0.05, 0) is 19.1 Å². The molecule has 0 aliphatic heterocycles. The van der Waals surface area contributed by atoms with Crippen LogP contribution in [0.1, 0.15) is 31.1 Å². The van der Waals surface area contributed by atoms with Crippen LogP contribution in [0.25, 0.3) is 0 Å². The van der Waals surface area contributed by atoms with Crippen molar-refractivity contribution >= 4 is 5.97 Å². The Morgan fingerprint density at radius 2 is 2.07 bits per heavy atom. The van der Waals surface area contributed by atoms with Crippen LogP contribution in [-0.2, 0) is 0 Å². The van der Waals surface area contributed by atoms with Crippen LogP contribution in [0.3, 0.4) is 0 Å². The van der Waals surface area contributed by atoms with Crippen LogP contribution >= 0.6 is 0 Å². The van der Waals surface area contributed by atoms with Crippen LogP contribution in [0.2, 0.25) is 0 Å². The van der Waals surface area contributed by atoms with Crippen molar-refractivity contribution in [2.45, 2.75) is 20.8 Å². The van der Waals surface area contributed by atoms with Crippen molar-refractivity contribution in [2.24, 2.45) is 0 Å². The Balaban J connectivity index is 0.000000921. The molecule has 84 valence electrons. The van der Waals surface area contributed by atoms with Crippen LogP contribution in [-0.4, -0.2) is 17.7 Å². The third-order valence-electron chi connectivity index (χ3n) is 1.49. The number of hydrogen-bond donors (Lipinski definition) is 1. The summed E-state index contributed by atoms with van der Waals surface area (Å²) in [7, 11) is 0. The lowest BCUT2D eigenvalue weighted by molar-refractivity contribution is 0.0687. The van der Waals surface area contributed by atoms with Gasteiger partial charge in [-0.3, -0.25) is 0 Å². The third kappa shape index (κ3) is 3.58. The van der Waals surface area contributed by atoms with E-state index in [0.29, 0.717) is 6.61 Å². The van der Waals surface area contributed by atoms with Gasteiger partial charge in [0, 0.05) is 0 Å². The van der Waals surface area contributed by atoms with E-state index in [4.69, 9.17) is 9.84 Å². The highest BCUT2D eigenvalue weighted by Gasteiger charge is 2.15. The molecule has 1 rings (SSSR count). The van der Waals surface area contributed by atoms with Crippen molar-refractivity contribution < 1.29 is 19.0 Å². The van der Waals surface area contributed by atoms with Crippen molar-refractivity contribution in [3.05, 3.63) is 29.6 Å². The summed E-state index contributed by atoms with van der Waals surface area (Å²) >= 11 is 0. The zero-order chi connectivity index (χ0) is 11.8. The molecule has 0 amide bonds. The number of carboxylic acids is 1. The molecule has 0 atom stereocenters.